The summed E-state index contributed by atoms with van der Waals surface area (Å²) in [7, 11) is 0. The standard InChI is InChI=1S/C12H19ClN2S/c1-12(2,3)9-4-6-15(7-5-9)11-14-10(13)8-16-11/h8-9H,4-7H2,1-3H3. The molecule has 0 aliphatic carbocycles. The molecule has 0 atom stereocenters. The van der Waals surface area contributed by atoms with E-state index in [1.165, 1.54) is 12.8 Å². The van der Waals surface area contributed by atoms with Gasteiger partial charge in [-0.3, -0.25) is 0 Å². The first-order valence-corrected chi connectivity index (χ1v) is 7.08. The van der Waals surface area contributed by atoms with E-state index in [1.54, 1.807) is 11.3 Å². The fourth-order valence-electron chi connectivity index (χ4n) is 2.33. The van der Waals surface area contributed by atoms with Crippen molar-refractivity contribution in [2.75, 3.05) is 18.0 Å². The van der Waals surface area contributed by atoms with Crippen molar-refractivity contribution >= 4 is 28.1 Å². The molecular formula is C12H19ClN2S. The van der Waals surface area contributed by atoms with Gasteiger partial charge in [0.2, 0.25) is 0 Å². The van der Waals surface area contributed by atoms with Gasteiger partial charge in [0.25, 0.3) is 0 Å². The second-order valence-electron chi connectivity index (χ2n) is 5.58. The van der Waals surface area contributed by atoms with Crippen molar-refractivity contribution in [2.24, 2.45) is 11.3 Å². The molecule has 0 unspecified atom stereocenters. The molecule has 0 radical (unpaired) electrons. The number of hydrogen-bond acceptors (Lipinski definition) is 3. The topological polar surface area (TPSA) is 16.1 Å². The van der Waals surface area contributed by atoms with Gasteiger partial charge in [-0.15, -0.1) is 11.3 Å². The molecule has 1 aromatic rings. The van der Waals surface area contributed by atoms with Crippen LogP contribution in [-0.2, 0) is 0 Å². The van der Waals surface area contributed by atoms with Crippen LogP contribution in [0, 0.1) is 11.3 Å². The molecular weight excluding hydrogens is 240 g/mol. The molecule has 4 heteroatoms. The molecule has 1 fully saturated rings. The maximum atomic E-state index is 5.85. The highest BCUT2D eigenvalue weighted by Crippen LogP contribution is 2.36. The normalized spacial score (nSPS) is 19.1. The maximum Gasteiger partial charge on any atom is 0.186 e. The zero-order chi connectivity index (χ0) is 11.8. The van der Waals surface area contributed by atoms with Crippen molar-refractivity contribution in [1.29, 1.82) is 0 Å². The molecule has 2 rings (SSSR count). The molecule has 0 aromatic carbocycles. The zero-order valence-electron chi connectivity index (χ0n) is 10.2. The van der Waals surface area contributed by atoms with Crippen molar-refractivity contribution in [3.05, 3.63) is 10.5 Å². The molecule has 2 heterocycles. The van der Waals surface area contributed by atoms with Gasteiger partial charge >= 0.3 is 0 Å². The monoisotopic (exact) mass is 258 g/mol. The summed E-state index contributed by atoms with van der Waals surface area (Å²) in [5, 5.41) is 3.61. The third kappa shape index (κ3) is 2.69. The Morgan fingerprint density at radius 1 is 1.38 bits per heavy atom. The van der Waals surface area contributed by atoms with E-state index in [2.05, 4.69) is 30.7 Å². The number of rotatable bonds is 1. The van der Waals surface area contributed by atoms with Crippen LogP contribution < -0.4 is 4.90 Å². The fourth-order valence-corrected chi connectivity index (χ4v) is 3.33. The molecule has 1 saturated heterocycles. The number of hydrogen-bond donors (Lipinski definition) is 0. The first kappa shape index (κ1) is 12.2. The third-order valence-electron chi connectivity index (χ3n) is 3.45. The summed E-state index contributed by atoms with van der Waals surface area (Å²) >= 11 is 7.50. The lowest BCUT2D eigenvalue weighted by Crippen LogP contribution is -2.37. The SMILES string of the molecule is CC(C)(C)C1CCN(c2nc(Cl)cs2)CC1. The molecule has 0 bridgehead atoms. The van der Waals surface area contributed by atoms with E-state index in [0.29, 0.717) is 10.6 Å². The fraction of sp³-hybridized carbons (Fsp3) is 0.750. The Morgan fingerprint density at radius 2 is 2.00 bits per heavy atom. The van der Waals surface area contributed by atoms with E-state index < -0.39 is 0 Å². The molecule has 90 valence electrons. The molecule has 0 spiro atoms. The average Bonchev–Trinajstić information content (AvgIpc) is 2.64. The van der Waals surface area contributed by atoms with Crippen LogP contribution >= 0.6 is 22.9 Å². The van der Waals surface area contributed by atoms with E-state index in [9.17, 15) is 0 Å². The van der Waals surface area contributed by atoms with Crippen molar-refractivity contribution in [3.63, 3.8) is 0 Å². The molecule has 1 aliphatic heterocycles. The van der Waals surface area contributed by atoms with E-state index in [-0.39, 0.29) is 0 Å². The highest BCUT2D eigenvalue weighted by atomic mass is 35.5. The van der Waals surface area contributed by atoms with Crippen LogP contribution in [0.2, 0.25) is 5.15 Å². The predicted octanol–water partition coefficient (Wildman–Crippen LogP) is 4.06. The van der Waals surface area contributed by atoms with Crippen LogP contribution in [0.1, 0.15) is 33.6 Å². The van der Waals surface area contributed by atoms with Crippen LogP contribution in [0.4, 0.5) is 5.13 Å². The van der Waals surface area contributed by atoms with Gasteiger partial charge in [-0.25, -0.2) is 4.98 Å². The zero-order valence-corrected chi connectivity index (χ0v) is 11.7. The smallest absolute Gasteiger partial charge is 0.186 e. The Bertz CT molecular complexity index is 348. The second kappa shape index (κ2) is 4.53. The van der Waals surface area contributed by atoms with Crippen LogP contribution in [-0.4, -0.2) is 18.1 Å². The highest BCUT2D eigenvalue weighted by molar-refractivity contribution is 7.14. The molecule has 0 N–H and O–H groups in total. The van der Waals surface area contributed by atoms with Crippen LogP contribution in [0.25, 0.3) is 0 Å². The van der Waals surface area contributed by atoms with E-state index >= 15 is 0 Å². The summed E-state index contributed by atoms with van der Waals surface area (Å²) in [6.07, 6.45) is 2.53. The summed E-state index contributed by atoms with van der Waals surface area (Å²) in [6.45, 7) is 9.26. The quantitative estimate of drug-likeness (QED) is 0.755. The van der Waals surface area contributed by atoms with Crippen molar-refractivity contribution in [2.45, 2.75) is 33.6 Å². The Labute approximate surface area is 107 Å². The summed E-state index contributed by atoms with van der Waals surface area (Å²) in [5.41, 5.74) is 0.437. The van der Waals surface area contributed by atoms with Gasteiger partial charge in [0.15, 0.2) is 5.13 Å². The van der Waals surface area contributed by atoms with Crippen LogP contribution in [0.5, 0.6) is 0 Å². The van der Waals surface area contributed by atoms with Gasteiger partial charge < -0.3 is 4.90 Å². The van der Waals surface area contributed by atoms with Crippen LogP contribution in [0.15, 0.2) is 5.38 Å². The van der Waals surface area contributed by atoms with E-state index in [1.807, 2.05) is 5.38 Å². The molecule has 0 amide bonds. The Balaban J connectivity index is 1.95. The number of nitrogens with zero attached hydrogens (tertiary/aromatic N) is 2. The van der Waals surface area contributed by atoms with Crippen LogP contribution in [0.3, 0.4) is 0 Å². The Kier molecular flexibility index (Phi) is 3.45. The molecule has 16 heavy (non-hydrogen) atoms. The number of anilines is 1. The predicted molar refractivity (Wildman–Crippen MR) is 71.5 cm³/mol. The number of halogens is 1. The number of thiazole rings is 1. The molecule has 1 aromatic heterocycles. The van der Waals surface area contributed by atoms with E-state index in [4.69, 9.17) is 11.6 Å². The largest absolute Gasteiger partial charge is 0.348 e. The third-order valence-corrected chi connectivity index (χ3v) is 4.68. The highest BCUT2D eigenvalue weighted by Gasteiger charge is 2.29. The lowest BCUT2D eigenvalue weighted by atomic mass is 9.75. The van der Waals surface area contributed by atoms with E-state index in [0.717, 1.165) is 24.1 Å². The van der Waals surface area contributed by atoms with Gasteiger partial charge in [0.05, 0.1) is 0 Å². The summed E-state index contributed by atoms with van der Waals surface area (Å²) in [6, 6.07) is 0. The molecule has 1 aliphatic rings. The number of aromatic nitrogens is 1. The average molecular weight is 259 g/mol. The Hall–Kier alpha value is -0.280. The molecule has 2 nitrogen and oxygen atoms in total. The maximum absolute atomic E-state index is 5.85. The summed E-state index contributed by atoms with van der Waals surface area (Å²) in [5.74, 6) is 0.833. The van der Waals surface area contributed by atoms with Gasteiger partial charge in [0.1, 0.15) is 5.15 Å². The first-order chi connectivity index (χ1) is 7.47. The minimum Gasteiger partial charge on any atom is -0.348 e. The molecule has 0 saturated carbocycles. The summed E-state index contributed by atoms with van der Waals surface area (Å²) in [4.78, 5) is 6.69. The number of piperidine rings is 1. The minimum absolute atomic E-state index is 0.437. The van der Waals surface area contributed by atoms with Gasteiger partial charge in [-0.2, -0.15) is 0 Å². The Morgan fingerprint density at radius 3 is 2.44 bits per heavy atom. The van der Waals surface area contributed by atoms with Crippen molar-refractivity contribution in [3.8, 4) is 0 Å². The van der Waals surface area contributed by atoms with Crippen molar-refractivity contribution in [1.82, 2.24) is 4.98 Å². The van der Waals surface area contributed by atoms with Gasteiger partial charge in [-0.1, -0.05) is 32.4 Å². The second-order valence-corrected chi connectivity index (χ2v) is 6.80. The summed E-state index contributed by atoms with van der Waals surface area (Å²) < 4.78 is 0. The lowest BCUT2D eigenvalue weighted by molar-refractivity contribution is 0.199. The lowest BCUT2D eigenvalue weighted by Gasteiger charge is -2.38. The minimum atomic E-state index is 0.437. The van der Waals surface area contributed by atoms with Gasteiger partial charge in [0, 0.05) is 18.5 Å². The van der Waals surface area contributed by atoms with Crippen molar-refractivity contribution < 1.29 is 0 Å². The van der Waals surface area contributed by atoms with Gasteiger partial charge in [-0.05, 0) is 24.2 Å². The first-order valence-electron chi connectivity index (χ1n) is 5.83.